The molecular weight excluding hydrogens is 200 g/mol. The first kappa shape index (κ1) is 10.6. The Bertz CT molecular complexity index is 293. The van der Waals surface area contributed by atoms with Crippen LogP contribution in [0, 0.1) is 23.2 Å². The molecule has 1 aliphatic carbocycles. The summed E-state index contributed by atoms with van der Waals surface area (Å²) in [6.45, 7) is 8.77. The number of fused-ring (bicyclic) bond motifs is 1. The van der Waals surface area contributed by atoms with Crippen molar-refractivity contribution < 1.29 is 4.79 Å². The van der Waals surface area contributed by atoms with Gasteiger partial charge in [0, 0.05) is 32.1 Å². The van der Waals surface area contributed by atoms with Gasteiger partial charge in [-0.15, -0.1) is 0 Å². The largest absolute Gasteiger partial charge is 0.342 e. The smallest absolute Gasteiger partial charge is 0.225 e. The summed E-state index contributed by atoms with van der Waals surface area (Å²) in [5.41, 5.74) is 0.414. The van der Waals surface area contributed by atoms with Crippen LogP contribution < -0.4 is 5.32 Å². The third-order valence-electron chi connectivity index (χ3n) is 4.65. The van der Waals surface area contributed by atoms with Crippen molar-refractivity contribution in [2.45, 2.75) is 26.7 Å². The summed E-state index contributed by atoms with van der Waals surface area (Å²) < 4.78 is 0. The molecule has 3 fully saturated rings. The second-order valence-corrected chi connectivity index (χ2v) is 6.69. The van der Waals surface area contributed by atoms with Gasteiger partial charge in [-0.25, -0.2) is 0 Å². The quantitative estimate of drug-likeness (QED) is 0.720. The van der Waals surface area contributed by atoms with Gasteiger partial charge in [-0.05, 0) is 30.1 Å². The molecule has 2 unspecified atom stereocenters. The third-order valence-corrected chi connectivity index (χ3v) is 4.65. The molecule has 1 saturated carbocycles. The zero-order valence-corrected chi connectivity index (χ0v) is 10.3. The van der Waals surface area contributed by atoms with Gasteiger partial charge in [-0.2, -0.15) is 0 Å². The minimum Gasteiger partial charge on any atom is -0.342 e. The van der Waals surface area contributed by atoms with E-state index >= 15 is 0 Å². The van der Waals surface area contributed by atoms with Crippen molar-refractivity contribution in [2.24, 2.45) is 23.2 Å². The monoisotopic (exact) mass is 222 g/mol. The van der Waals surface area contributed by atoms with Crippen molar-refractivity contribution in [1.82, 2.24) is 10.2 Å². The van der Waals surface area contributed by atoms with Crippen LogP contribution in [0.3, 0.4) is 0 Å². The topological polar surface area (TPSA) is 32.3 Å². The van der Waals surface area contributed by atoms with E-state index in [0.717, 1.165) is 50.9 Å². The van der Waals surface area contributed by atoms with E-state index in [1.165, 1.54) is 0 Å². The maximum Gasteiger partial charge on any atom is 0.225 e. The van der Waals surface area contributed by atoms with Gasteiger partial charge >= 0.3 is 0 Å². The second-order valence-electron chi connectivity index (χ2n) is 6.69. The van der Waals surface area contributed by atoms with Crippen LogP contribution in [0.25, 0.3) is 0 Å². The lowest BCUT2D eigenvalue weighted by Crippen LogP contribution is -2.44. The number of nitrogens with zero attached hydrogens (tertiary/aromatic N) is 1. The summed E-state index contributed by atoms with van der Waals surface area (Å²) in [4.78, 5) is 14.4. The SMILES string of the molecule is CC1(C)CC(C(=O)N2CC3CNCC3C2)C1. The Labute approximate surface area is 97.6 Å². The summed E-state index contributed by atoms with van der Waals surface area (Å²) in [5.74, 6) is 2.24. The number of hydrogen-bond acceptors (Lipinski definition) is 2. The molecule has 2 atom stereocenters. The highest BCUT2D eigenvalue weighted by Gasteiger charge is 2.45. The highest BCUT2D eigenvalue weighted by atomic mass is 16.2. The van der Waals surface area contributed by atoms with Crippen LogP contribution in [0.4, 0.5) is 0 Å². The van der Waals surface area contributed by atoms with Crippen LogP contribution >= 0.6 is 0 Å². The summed E-state index contributed by atoms with van der Waals surface area (Å²) in [5, 5.41) is 3.42. The minimum absolute atomic E-state index is 0.335. The molecule has 0 aromatic rings. The number of rotatable bonds is 1. The Morgan fingerprint density at radius 2 is 1.75 bits per heavy atom. The van der Waals surface area contributed by atoms with Crippen molar-refractivity contribution >= 4 is 5.91 Å². The summed E-state index contributed by atoms with van der Waals surface area (Å²) >= 11 is 0. The zero-order valence-electron chi connectivity index (χ0n) is 10.3. The molecule has 3 heteroatoms. The van der Waals surface area contributed by atoms with E-state index in [9.17, 15) is 4.79 Å². The molecule has 1 amide bonds. The van der Waals surface area contributed by atoms with Crippen LogP contribution in [0.5, 0.6) is 0 Å². The van der Waals surface area contributed by atoms with Crippen LogP contribution in [-0.4, -0.2) is 37.0 Å². The average molecular weight is 222 g/mol. The van der Waals surface area contributed by atoms with E-state index in [-0.39, 0.29) is 0 Å². The van der Waals surface area contributed by atoms with Gasteiger partial charge in [0.05, 0.1) is 0 Å². The van der Waals surface area contributed by atoms with Crippen molar-refractivity contribution in [1.29, 1.82) is 0 Å². The van der Waals surface area contributed by atoms with Crippen molar-refractivity contribution in [3.05, 3.63) is 0 Å². The molecule has 2 aliphatic heterocycles. The molecule has 3 nitrogen and oxygen atoms in total. The zero-order chi connectivity index (χ0) is 11.3. The standard InChI is InChI=1S/C13H22N2O/c1-13(2)3-9(4-13)12(16)15-7-10-5-14-6-11(10)8-15/h9-11,14H,3-8H2,1-2H3. The number of carbonyl (C=O) groups excluding carboxylic acids is 1. The Kier molecular flexibility index (Phi) is 2.29. The molecule has 0 spiro atoms. The maximum atomic E-state index is 12.3. The first-order valence-corrected chi connectivity index (χ1v) is 6.55. The van der Waals surface area contributed by atoms with E-state index in [2.05, 4.69) is 24.1 Å². The number of amides is 1. The highest BCUT2D eigenvalue weighted by Crippen LogP contribution is 2.46. The third kappa shape index (κ3) is 1.65. The predicted octanol–water partition coefficient (Wildman–Crippen LogP) is 1.10. The van der Waals surface area contributed by atoms with Crippen LogP contribution in [0.1, 0.15) is 26.7 Å². The summed E-state index contributed by atoms with van der Waals surface area (Å²) in [7, 11) is 0. The van der Waals surface area contributed by atoms with E-state index in [0.29, 0.717) is 17.2 Å². The van der Waals surface area contributed by atoms with Gasteiger partial charge < -0.3 is 10.2 Å². The van der Waals surface area contributed by atoms with Gasteiger partial charge in [0.2, 0.25) is 5.91 Å². The Morgan fingerprint density at radius 3 is 2.25 bits per heavy atom. The Balaban J connectivity index is 1.57. The van der Waals surface area contributed by atoms with Gasteiger partial charge in [0.1, 0.15) is 0 Å². The first-order chi connectivity index (χ1) is 7.55. The lowest BCUT2D eigenvalue weighted by molar-refractivity contribution is -0.141. The highest BCUT2D eigenvalue weighted by molar-refractivity contribution is 5.80. The fraction of sp³-hybridized carbons (Fsp3) is 0.923. The van der Waals surface area contributed by atoms with E-state index < -0.39 is 0 Å². The average Bonchev–Trinajstić information content (AvgIpc) is 2.71. The van der Waals surface area contributed by atoms with Gasteiger partial charge in [0.15, 0.2) is 0 Å². The van der Waals surface area contributed by atoms with Crippen molar-refractivity contribution in [3.63, 3.8) is 0 Å². The Hall–Kier alpha value is -0.570. The van der Waals surface area contributed by atoms with Crippen LogP contribution in [0.15, 0.2) is 0 Å². The molecule has 3 rings (SSSR count). The number of hydrogen-bond donors (Lipinski definition) is 1. The van der Waals surface area contributed by atoms with Gasteiger partial charge in [0.25, 0.3) is 0 Å². The van der Waals surface area contributed by atoms with Crippen molar-refractivity contribution in [3.8, 4) is 0 Å². The molecule has 0 aromatic heterocycles. The second kappa shape index (κ2) is 3.46. The number of likely N-dealkylation sites (tertiary alicyclic amines) is 1. The summed E-state index contributed by atoms with van der Waals surface area (Å²) in [6, 6.07) is 0. The molecule has 16 heavy (non-hydrogen) atoms. The molecule has 0 radical (unpaired) electrons. The molecule has 3 aliphatic rings. The number of carbonyl (C=O) groups is 1. The molecule has 2 saturated heterocycles. The lowest BCUT2D eigenvalue weighted by Gasteiger charge is -2.43. The maximum absolute atomic E-state index is 12.3. The first-order valence-electron chi connectivity index (χ1n) is 6.55. The van der Waals surface area contributed by atoms with Crippen LogP contribution in [0.2, 0.25) is 0 Å². The summed E-state index contributed by atoms with van der Waals surface area (Å²) in [6.07, 6.45) is 2.19. The van der Waals surface area contributed by atoms with E-state index in [1.54, 1.807) is 0 Å². The van der Waals surface area contributed by atoms with Crippen molar-refractivity contribution in [2.75, 3.05) is 26.2 Å². The minimum atomic E-state index is 0.335. The van der Waals surface area contributed by atoms with Gasteiger partial charge in [-0.3, -0.25) is 4.79 Å². The van der Waals surface area contributed by atoms with Gasteiger partial charge in [-0.1, -0.05) is 13.8 Å². The lowest BCUT2D eigenvalue weighted by atomic mass is 9.64. The molecule has 2 heterocycles. The van der Waals surface area contributed by atoms with Crippen LogP contribution in [-0.2, 0) is 4.79 Å². The fourth-order valence-electron chi connectivity index (χ4n) is 3.74. The fourth-order valence-corrected chi connectivity index (χ4v) is 3.74. The Morgan fingerprint density at radius 1 is 1.19 bits per heavy atom. The molecule has 0 aromatic carbocycles. The number of nitrogens with one attached hydrogen (secondary N) is 1. The molecular formula is C13H22N2O. The van der Waals surface area contributed by atoms with E-state index in [1.807, 2.05) is 0 Å². The molecule has 1 N–H and O–H groups in total. The van der Waals surface area contributed by atoms with E-state index in [4.69, 9.17) is 0 Å². The molecule has 90 valence electrons. The normalized spacial score (nSPS) is 37.2. The molecule has 0 bridgehead atoms. The predicted molar refractivity (Wildman–Crippen MR) is 62.9 cm³/mol.